The third-order valence-electron chi connectivity index (χ3n) is 2.27. The number of methoxy groups -OCH3 is 1. The number of likely N-dealkylation sites (N-methyl/N-ethyl adjacent to an activating group) is 1. The molecule has 0 aliphatic carbocycles. The van der Waals surface area contributed by atoms with Gasteiger partial charge in [-0.05, 0) is 33.6 Å². The van der Waals surface area contributed by atoms with Crippen LogP contribution in [0.1, 0.15) is 33.6 Å². The molecule has 0 saturated carbocycles. The van der Waals surface area contributed by atoms with Gasteiger partial charge in [-0.2, -0.15) is 0 Å². The van der Waals surface area contributed by atoms with Gasteiger partial charge in [-0.1, -0.05) is 0 Å². The van der Waals surface area contributed by atoms with Gasteiger partial charge >= 0.3 is 0 Å². The smallest absolute Gasteiger partial charge is 0.248 e. The summed E-state index contributed by atoms with van der Waals surface area (Å²) in [6.45, 7) is 5.14. The van der Waals surface area contributed by atoms with Crippen molar-refractivity contribution in [3.05, 3.63) is 0 Å². The van der Waals surface area contributed by atoms with Gasteiger partial charge < -0.3 is 19.9 Å². The fourth-order valence-electron chi connectivity index (χ4n) is 1.16. The molecule has 1 aliphatic rings. The summed E-state index contributed by atoms with van der Waals surface area (Å²) in [5.41, 5.74) is 0. The molecule has 0 aromatic heterocycles. The highest BCUT2D eigenvalue weighted by Gasteiger charge is 2.26. The maximum atomic E-state index is 10.9. The molecule has 2 N–H and O–H groups in total. The van der Waals surface area contributed by atoms with Crippen LogP contribution < -0.4 is 5.32 Å². The van der Waals surface area contributed by atoms with Gasteiger partial charge in [-0.15, -0.1) is 0 Å². The monoisotopic (exact) mass is 233 g/mol. The van der Waals surface area contributed by atoms with Crippen molar-refractivity contribution in [2.24, 2.45) is 0 Å². The van der Waals surface area contributed by atoms with E-state index in [1.54, 1.807) is 20.9 Å². The van der Waals surface area contributed by atoms with Crippen molar-refractivity contribution in [3.63, 3.8) is 0 Å². The first-order valence-corrected chi connectivity index (χ1v) is 5.44. The molecule has 1 saturated heterocycles. The van der Waals surface area contributed by atoms with Crippen LogP contribution in [-0.4, -0.2) is 43.2 Å². The van der Waals surface area contributed by atoms with Crippen LogP contribution in [0.4, 0.5) is 0 Å². The van der Waals surface area contributed by atoms with E-state index in [9.17, 15) is 4.79 Å². The number of amides is 1. The average molecular weight is 233 g/mol. The van der Waals surface area contributed by atoms with Crippen molar-refractivity contribution < 1.29 is 19.4 Å². The Morgan fingerprint density at radius 1 is 1.50 bits per heavy atom. The number of hydrogen-bond donors (Lipinski definition) is 2. The molecule has 1 fully saturated rings. The lowest BCUT2D eigenvalue weighted by Crippen LogP contribution is -2.31. The highest BCUT2D eigenvalue weighted by atomic mass is 16.6. The molecule has 2 atom stereocenters. The van der Waals surface area contributed by atoms with Crippen molar-refractivity contribution in [1.29, 1.82) is 0 Å². The summed E-state index contributed by atoms with van der Waals surface area (Å²) in [6.07, 6.45) is 1.92. The minimum atomic E-state index is -0.958. The molecule has 5 nitrogen and oxygen atoms in total. The highest BCUT2D eigenvalue weighted by Crippen LogP contribution is 2.18. The van der Waals surface area contributed by atoms with Crippen molar-refractivity contribution >= 4 is 5.91 Å². The first kappa shape index (κ1) is 15.3. The van der Waals surface area contributed by atoms with E-state index in [1.165, 1.54) is 7.11 Å². The minimum absolute atomic E-state index is 0.00403. The molecular weight excluding hydrogens is 210 g/mol. The number of carbonyl (C=O) groups excluding carboxylic acids is 1. The van der Waals surface area contributed by atoms with Crippen molar-refractivity contribution in [2.75, 3.05) is 14.2 Å². The normalized spacial score (nSPS) is 24.6. The number of ether oxygens (including phenoxy) is 2. The molecule has 16 heavy (non-hydrogen) atoms. The average Bonchev–Trinajstić information content (AvgIpc) is 2.63. The van der Waals surface area contributed by atoms with Crippen LogP contribution in [0, 0.1) is 0 Å². The lowest BCUT2D eigenvalue weighted by molar-refractivity contribution is -0.155. The van der Waals surface area contributed by atoms with Crippen LogP contribution in [0.15, 0.2) is 0 Å². The van der Waals surface area contributed by atoms with E-state index in [0.717, 1.165) is 12.8 Å². The number of hydrogen-bond acceptors (Lipinski definition) is 4. The number of nitrogens with one attached hydrogen (secondary N) is 1. The Labute approximate surface area is 97.1 Å². The molecule has 2 unspecified atom stereocenters. The maximum absolute atomic E-state index is 10.9. The SMILES string of the molecule is CNC(=O)C1CCC(C)O1.COC(C)(C)O. The largest absolute Gasteiger partial charge is 0.366 e. The van der Waals surface area contributed by atoms with Gasteiger partial charge in [0.15, 0.2) is 5.79 Å². The van der Waals surface area contributed by atoms with Gasteiger partial charge in [0, 0.05) is 14.2 Å². The van der Waals surface area contributed by atoms with Crippen LogP contribution >= 0.6 is 0 Å². The van der Waals surface area contributed by atoms with Gasteiger partial charge in [0.25, 0.3) is 0 Å². The van der Waals surface area contributed by atoms with Crippen LogP contribution in [0.3, 0.4) is 0 Å². The number of carbonyl (C=O) groups is 1. The van der Waals surface area contributed by atoms with E-state index in [-0.39, 0.29) is 18.1 Å². The Kier molecular flexibility index (Phi) is 6.55. The van der Waals surface area contributed by atoms with Crippen LogP contribution in [-0.2, 0) is 14.3 Å². The summed E-state index contributed by atoms with van der Waals surface area (Å²) in [6, 6.07) is 0. The molecule has 1 amide bonds. The standard InChI is InChI=1S/C7H13NO2.C4H10O2/c1-5-3-4-6(10-5)7(9)8-2;1-4(2,5)6-3/h5-6H,3-4H2,1-2H3,(H,8,9);5H,1-3H3. The van der Waals surface area contributed by atoms with E-state index >= 15 is 0 Å². The Bertz CT molecular complexity index is 213. The predicted octanol–water partition coefficient (Wildman–Crippen LogP) is 0.661. The van der Waals surface area contributed by atoms with Crippen molar-refractivity contribution in [1.82, 2.24) is 5.32 Å². The summed E-state index contributed by atoms with van der Waals surface area (Å²) in [7, 11) is 3.09. The third-order valence-corrected chi connectivity index (χ3v) is 2.27. The fraction of sp³-hybridized carbons (Fsp3) is 0.909. The lowest BCUT2D eigenvalue weighted by atomic mass is 10.2. The quantitative estimate of drug-likeness (QED) is 0.688. The predicted molar refractivity (Wildman–Crippen MR) is 60.9 cm³/mol. The molecule has 0 radical (unpaired) electrons. The maximum Gasteiger partial charge on any atom is 0.248 e. The number of rotatable bonds is 2. The summed E-state index contributed by atoms with van der Waals surface area (Å²) in [5, 5.41) is 11.2. The Morgan fingerprint density at radius 2 is 2.00 bits per heavy atom. The first-order chi connectivity index (χ1) is 7.30. The second-order valence-electron chi connectivity index (χ2n) is 4.28. The van der Waals surface area contributed by atoms with Crippen molar-refractivity contribution in [3.8, 4) is 0 Å². The molecule has 1 aliphatic heterocycles. The van der Waals surface area contributed by atoms with E-state index in [0.29, 0.717) is 0 Å². The van der Waals surface area contributed by atoms with Gasteiger partial charge in [-0.3, -0.25) is 4.79 Å². The molecule has 1 heterocycles. The van der Waals surface area contributed by atoms with Gasteiger partial charge in [0.2, 0.25) is 5.91 Å². The number of aliphatic hydroxyl groups is 1. The zero-order valence-electron chi connectivity index (χ0n) is 10.7. The third kappa shape index (κ3) is 6.76. The van der Waals surface area contributed by atoms with Gasteiger partial charge in [0.05, 0.1) is 6.10 Å². The Morgan fingerprint density at radius 3 is 2.25 bits per heavy atom. The fourth-order valence-corrected chi connectivity index (χ4v) is 1.16. The molecule has 0 spiro atoms. The van der Waals surface area contributed by atoms with Gasteiger partial charge in [0.1, 0.15) is 6.10 Å². The van der Waals surface area contributed by atoms with Gasteiger partial charge in [-0.25, -0.2) is 0 Å². The summed E-state index contributed by atoms with van der Waals surface area (Å²) < 4.78 is 9.79. The molecule has 5 heteroatoms. The topological polar surface area (TPSA) is 67.8 Å². The first-order valence-electron chi connectivity index (χ1n) is 5.44. The molecule has 96 valence electrons. The molecular formula is C11H23NO4. The summed E-state index contributed by atoms with van der Waals surface area (Å²) >= 11 is 0. The second kappa shape index (κ2) is 6.83. The zero-order chi connectivity index (χ0) is 12.8. The van der Waals surface area contributed by atoms with E-state index in [4.69, 9.17) is 9.84 Å². The molecule has 0 aromatic rings. The second-order valence-corrected chi connectivity index (χ2v) is 4.28. The van der Waals surface area contributed by atoms with Crippen molar-refractivity contribution in [2.45, 2.75) is 51.6 Å². The molecule has 1 rings (SSSR count). The Balaban J connectivity index is 0.000000325. The lowest BCUT2D eigenvalue weighted by Gasteiger charge is -2.12. The highest BCUT2D eigenvalue weighted by molar-refractivity contribution is 5.80. The summed E-state index contributed by atoms with van der Waals surface area (Å²) in [5.74, 6) is -0.954. The van der Waals surface area contributed by atoms with Crippen LogP contribution in [0.25, 0.3) is 0 Å². The zero-order valence-corrected chi connectivity index (χ0v) is 10.7. The van der Waals surface area contributed by atoms with Crippen LogP contribution in [0.5, 0.6) is 0 Å². The summed E-state index contributed by atoms with van der Waals surface area (Å²) in [4.78, 5) is 10.9. The van der Waals surface area contributed by atoms with E-state index in [2.05, 4.69) is 10.1 Å². The Hall–Kier alpha value is -0.650. The molecule has 0 aromatic carbocycles. The minimum Gasteiger partial charge on any atom is -0.366 e. The van der Waals surface area contributed by atoms with E-state index < -0.39 is 5.79 Å². The van der Waals surface area contributed by atoms with Crippen LogP contribution in [0.2, 0.25) is 0 Å². The van der Waals surface area contributed by atoms with E-state index in [1.807, 2.05) is 6.92 Å². The molecule has 0 bridgehead atoms.